The summed E-state index contributed by atoms with van der Waals surface area (Å²) in [6, 6.07) is 2.80. The van der Waals surface area contributed by atoms with Gasteiger partial charge >= 0.3 is 6.03 Å². The molecule has 9 heteroatoms. The van der Waals surface area contributed by atoms with Gasteiger partial charge in [0.1, 0.15) is 6.04 Å². The van der Waals surface area contributed by atoms with Gasteiger partial charge in [0.2, 0.25) is 11.8 Å². The Bertz CT molecular complexity index is 857. The van der Waals surface area contributed by atoms with Crippen LogP contribution in [0.15, 0.2) is 12.1 Å². The van der Waals surface area contributed by atoms with Crippen molar-refractivity contribution in [2.45, 2.75) is 51.1 Å². The summed E-state index contributed by atoms with van der Waals surface area (Å²) in [5.41, 5.74) is 1.45. The monoisotopic (exact) mass is 452 g/mol. The number of fused-ring (bicyclic) bond motifs is 1. The molecule has 0 saturated carbocycles. The van der Waals surface area contributed by atoms with Crippen LogP contribution in [0, 0.1) is 0 Å². The van der Waals surface area contributed by atoms with Crippen LogP contribution in [0.25, 0.3) is 0 Å². The number of benzene rings is 1. The van der Waals surface area contributed by atoms with Crippen LogP contribution in [0.4, 0.5) is 10.5 Å². The van der Waals surface area contributed by atoms with Gasteiger partial charge in [0.05, 0.1) is 12.2 Å². The van der Waals surface area contributed by atoms with Gasteiger partial charge in [-0.05, 0) is 44.2 Å². The van der Waals surface area contributed by atoms with E-state index in [4.69, 9.17) is 23.2 Å². The predicted octanol–water partition coefficient (Wildman–Crippen LogP) is 3.73. The molecule has 0 spiro atoms. The molecule has 162 valence electrons. The Morgan fingerprint density at radius 1 is 1.10 bits per heavy atom. The summed E-state index contributed by atoms with van der Waals surface area (Å²) in [5.74, 6) is 0.0892. The second-order valence-corrected chi connectivity index (χ2v) is 8.99. The van der Waals surface area contributed by atoms with E-state index >= 15 is 0 Å². The van der Waals surface area contributed by atoms with Gasteiger partial charge in [0, 0.05) is 48.2 Å². The van der Waals surface area contributed by atoms with E-state index in [1.807, 2.05) is 4.90 Å². The number of amides is 4. The minimum atomic E-state index is -0.315. The summed E-state index contributed by atoms with van der Waals surface area (Å²) in [6.07, 6.45) is 4.55. The smallest absolute Gasteiger partial charge is 0.322 e. The largest absolute Gasteiger partial charge is 0.341 e. The first-order chi connectivity index (χ1) is 14.4. The highest BCUT2D eigenvalue weighted by Gasteiger charge is 2.37. The van der Waals surface area contributed by atoms with E-state index in [0.29, 0.717) is 48.2 Å². The van der Waals surface area contributed by atoms with Crippen molar-refractivity contribution in [3.63, 3.8) is 0 Å². The van der Waals surface area contributed by atoms with Gasteiger partial charge in [0.25, 0.3) is 0 Å². The molecule has 3 aliphatic rings. The van der Waals surface area contributed by atoms with Crippen molar-refractivity contribution in [3.05, 3.63) is 27.7 Å². The molecule has 3 heterocycles. The minimum Gasteiger partial charge on any atom is -0.341 e. The van der Waals surface area contributed by atoms with Gasteiger partial charge in [-0.1, -0.05) is 23.2 Å². The average Bonchev–Trinajstić information content (AvgIpc) is 3.40. The van der Waals surface area contributed by atoms with Gasteiger partial charge in [-0.15, -0.1) is 0 Å². The van der Waals surface area contributed by atoms with Gasteiger partial charge in [-0.25, -0.2) is 4.79 Å². The maximum atomic E-state index is 12.8. The molecular formula is C21H26Cl2N4O3. The standard InChI is InChI=1S/C21H26Cl2N4O3/c22-14-11-16(23)15-13-26(21(30)24-17(15)12-14)9-4-6-19(28)27-10-3-5-18(27)20(29)25-7-1-2-8-25/h11-12,18H,1-10,13H2,(H,24,30)/t18-/m0/s1. The molecule has 0 radical (unpaired) electrons. The molecule has 1 aromatic carbocycles. The second-order valence-electron chi connectivity index (χ2n) is 8.15. The minimum absolute atomic E-state index is 0.00678. The summed E-state index contributed by atoms with van der Waals surface area (Å²) < 4.78 is 0. The van der Waals surface area contributed by atoms with Crippen molar-refractivity contribution in [2.24, 2.45) is 0 Å². The van der Waals surface area contributed by atoms with Crippen LogP contribution in [0.1, 0.15) is 44.1 Å². The number of carbonyl (C=O) groups is 3. The number of urea groups is 1. The van der Waals surface area contributed by atoms with Gasteiger partial charge in [0.15, 0.2) is 0 Å². The Morgan fingerprint density at radius 3 is 2.63 bits per heavy atom. The van der Waals surface area contributed by atoms with Crippen LogP contribution in [0.3, 0.4) is 0 Å². The molecule has 1 N–H and O–H groups in total. The molecule has 0 bridgehead atoms. The Morgan fingerprint density at radius 2 is 1.87 bits per heavy atom. The van der Waals surface area contributed by atoms with E-state index in [0.717, 1.165) is 44.3 Å². The Balaban J connectivity index is 1.31. The van der Waals surface area contributed by atoms with Crippen LogP contribution in [-0.2, 0) is 16.1 Å². The normalized spacial score (nSPS) is 21.1. The summed E-state index contributed by atoms with van der Waals surface area (Å²) in [6.45, 7) is 3.06. The lowest BCUT2D eigenvalue weighted by Gasteiger charge is -2.31. The highest BCUT2D eigenvalue weighted by Crippen LogP contribution is 2.33. The SMILES string of the molecule is O=C1Nc2cc(Cl)cc(Cl)c2CN1CCCC(=O)N1CCC[C@H]1C(=O)N1CCCC1. The Kier molecular flexibility index (Phi) is 6.39. The topological polar surface area (TPSA) is 73.0 Å². The molecule has 0 aromatic heterocycles. The lowest BCUT2D eigenvalue weighted by atomic mass is 10.1. The van der Waals surface area contributed by atoms with Crippen molar-refractivity contribution in [1.29, 1.82) is 0 Å². The Labute approximate surface area is 186 Å². The molecule has 1 atom stereocenters. The quantitative estimate of drug-likeness (QED) is 0.739. The lowest BCUT2D eigenvalue weighted by molar-refractivity contribution is -0.143. The number of hydrogen-bond acceptors (Lipinski definition) is 3. The molecule has 30 heavy (non-hydrogen) atoms. The van der Waals surface area contributed by atoms with E-state index < -0.39 is 0 Å². The van der Waals surface area contributed by atoms with Gasteiger partial charge in [-0.2, -0.15) is 0 Å². The molecule has 2 saturated heterocycles. The lowest BCUT2D eigenvalue weighted by Crippen LogP contribution is -2.47. The fraction of sp³-hybridized carbons (Fsp3) is 0.571. The molecular weight excluding hydrogens is 427 g/mol. The zero-order valence-electron chi connectivity index (χ0n) is 16.8. The van der Waals surface area contributed by atoms with E-state index in [1.54, 1.807) is 21.9 Å². The number of hydrogen-bond donors (Lipinski definition) is 1. The summed E-state index contributed by atoms with van der Waals surface area (Å²) in [4.78, 5) is 43.2. The summed E-state index contributed by atoms with van der Waals surface area (Å²) in [7, 11) is 0. The zero-order valence-corrected chi connectivity index (χ0v) is 18.3. The third-order valence-electron chi connectivity index (χ3n) is 6.13. The predicted molar refractivity (Wildman–Crippen MR) is 116 cm³/mol. The number of anilines is 1. The third-order valence-corrected chi connectivity index (χ3v) is 6.69. The molecule has 0 aliphatic carbocycles. The molecule has 3 aliphatic heterocycles. The van der Waals surface area contributed by atoms with E-state index in [-0.39, 0.29) is 23.9 Å². The maximum Gasteiger partial charge on any atom is 0.322 e. The molecule has 1 aromatic rings. The van der Waals surface area contributed by atoms with Crippen LogP contribution >= 0.6 is 23.2 Å². The third kappa shape index (κ3) is 4.37. The zero-order chi connectivity index (χ0) is 21.3. The van der Waals surface area contributed by atoms with E-state index in [2.05, 4.69) is 5.32 Å². The second kappa shape index (κ2) is 9.02. The Hall–Kier alpha value is -1.99. The van der Waals surface area contributed by atoms with Crippen LogP contribution in [-0.4, -0.2) is 64.8 Å². The number of likely N-dealkylation sites (tertiary alicyclic amines) is 2. The fourth-order valence-corrected chi connectivity index (χ4v) is 5.10. The molecule has 2 fully saturated rings. The van der Waals surface area contributed by atoms with Crippen LogP contribution < -0.4 is 5.32 Å². The molecule has 4 rings (SSSR count). The fourth-order valence-electron chi connectivity index (χ4n) is 4.55. The maximum absolute atomic E-state index is 12.8. The van der Waals surface area contributed by atoms with Crippen molar-refractivity contribution >= 4 is 46.7 Å². The number of carbonyl (C=O) groups excluding carboxylic acids is 3. The van der Waals surface area contributed by atoms with E-state index in [9.17, 15) is 14.4 Å². The van der Waals surface area contributed by atoms with E-state index in [1.165, 1.54) is 0 Å². The summed E-state index contributed by atoms with van der Waals surface area (Å²) in [5, 5.41) is 3.80. The first-order valence-electron chi connectivity index (χ1n) is 10.6. The van der Waals surface area contributed by atoms with Crippen molar-refractivity contribution in [1.82, 2.24) is 14.7 Å². The number of nitrogens with one attached hydrogen (secondary N) is 1. The highest BCUT2D eigenvalue weighted by atomic mass is 35.5. The van der Waals surface area contributed by atoms with Crippen LogP contribution in [0.5, 0.6) is 0 Å². The van der Waals surface area contributed by atoms with Gasteiger partial charge < -0.3 is 20.0 Å². The molecule has 0 unspecified atom stereocenters. The number of rotatable bonds is 5. The average molecular weight is 453 g/mol. The number of halogens is 2. The number of nitrogens with zero attached hydrogens (tertiary/aromatic N) is 3. The highest BCUT2D eigenvalue weighted by molar-refractivity contribution is 6.35. The van der Waals surface area contributed by atoms with Crippen molar-refractivity contribution in [3.8, 4) is 0 Å². The van der Waals surface area contributed by atoms with Crippen LogP contribution in [0.2, 0.25) is 10.0 Å². The van der Waals surface area contributed by atoms with Crippen molar-refractivity contribution in [2.75, 3.05) is 31.5 Å². The summed E-state index contributed by atoms with van der Waals surface area (Å²) >= 11 is 12.3. The molecule has 4 amide bonds. The first-order valence-corrected chi connectivity index (χ1v) is 11.3. The first kappa shape index (κ1) is 21.2. The van der Waals surface area contributed by atoms with Gasteiger partial charge in [-0.3, -0.25) is 9.59 Å². The van der Waals surface area contributed by atoms with Crippen molar-refractivity contribution < 1.29 is 14.4 Å². The molecule has 7 nitrogen and oxygen atoms in total.